The lowest BCUT2D eigenvalue weighted by Gasteiger charge is -2.34. The van der Waals surface area contributed by atoms with E-state index in [2.05, 4.69) is 17.0 Å². The predicted octanol–water partition coefficient (Wildman–Crippen LogP) is 1.80. The molecule has 17 heavy (non-hydrogen) atoms. The largest absolute Gasteiger partial charge is 0.492 e. The molecule has 1 heterocycles. The molecule has 1 fully saturated rings. The molecule has 1 aliphatic heterocycles. The van der Waals surface area contributed by atoms with Crippen LogP contribution >= 0.6 is 0 Å². The van der Waals surface area contributed by atoms with Crippen LogP contribution in [-0.2, 0) is 0 Å². The van der Waals surface area contributed by atoms with Crippen molar-refractivity contribution in [3.8, 4) is 18.2 Å². The number of hydrogen-bond acceptors (Lipinski definition) is 3. The molecule has 0 atom stereocenters. The summed E-state index contributed by atoms with van der Waals surface area (Å²) in [7, 11) is 0. The van der Waals surface area contributed by atoms with Crippen LogP contribution in [0.25, 0.3) is 0 Å². The molecule has 0 aromatic heterocycles. The Morgan fingerprint density at radius 2 is 1.94 bits per heavy atom. The van der Waals surface area contributed by atoms with Gasteiger partial charge >= 0.3 is 0 Å². The van der Waals surface area contributed by atoms with Crippen molar-refractivity contribution in [2.24, 2.45) is 0 Å². The van der Waals surface area contributed by atoms with Crippen LogP contribution in [-0.4, -0.2) is 37.7 Å². The minimum atomic E-state index is 0.696. The van der Waals surface area contributed by atoms with Crippen molar-refractivity contribution >= 4 is 5.69 Å². The molecule has 0 bridgehead atoms. The van der Waals surface area contributed by atoms with Gasteiger partial charge in [-0.1, -0.05) is 18.6 Å². The van der Waals surface area contributed by atoms with Crippen LogP contribution < -0.4 is 9.64 Å². The number of terminal acetylenes is 1. The van der Waals surface area contributed by atoms with E-state index in [0.717, 1.165) is 31.9 Å². The highest BCUT2D eigenvalue weighted by Gasteiger charge is 2.17. The fourth-order valence-electron chi connectivity index (χ4n) is 2.07. The van der Waals surface area contributed by atoms with Crippen LogP contribution in [0.4, 0.5) is 5.69 Å². The first-order valence-corrected chi connectivity index (χ1v) is 6.03. The van der Waals surface area contributed by atoms with Gasteiger partial charge in [-0.3, -0.25) is 0 Å². The van der Waals surface area contributed by atoms with Crippen LogP contribution in [0.5, 0.6) is 5.75 Å². The monoisotopic (exact) mass is 230 g/mol. The summed E-state index contributed by atoms with van der Waals surface area (Å²) >= 11 is 0. The molecule has 0 spiro atoms. The van der Waals surface area contributed by atoms with Gasteiger partial charge in [0, 0.05) is 32.2 Å². The molecular weight excluding hydrogens is 212 g/mol. The van der Waals surface area contributed by atoms with Gasteiger partial charge in [-0.25, -0.2) is 0 Å². The lowest BCUT2D eigenvalue weighted by Crippen LogP contribution is -2.44. The third kappa shape index (κ3) is 2.65. The lowest BCUT2D eigenvalue weighted by molar-refractivity contribution is 0.334. The van der Waals surface area contributed by atoms with E-state index in [1.807, 2.05) is 30.0 Å². The molecule has 0 radical (unpaired) electrons. The smallest absolute Gasteiger partial charge is 0.142 e. The summed E-state index contributed by atoms with van der Waals surface area (Å²) in [5.74, 6) is 0.962. The molecule has 1 aliphatic rings. The number of piperazine rings is 1. The highest BCUT2D eigenvalue weighted by molar-refractivity contribution is 5.58. The summed E-state index contributed by atoms with van der Waals surface area (Å²) < 4.78 is 5.65. The molecule has 0 aliphatic carbocycles. The van der Waals surface area contributed by atoms with Crippen molar-refractivity contribution in [1.82, 2.24) is 4.90 Å². The Labute approximate surface area is 103 Å². The summed E-state index contributed by atoms with van der Waals surface area (Å²) in [6, 6.07) is 10.9. The maximum Gasteiger partial charge on any atom is 0.142 e. The summed E-state index contributed by atoms with van der Waals surface area (Å²) in [6.45, 7) is 6.44. The van der Waals surface area contributed by atoms with Gasteiger partial charge in [0.15, 0.2) is 0 Å². The van der Waals surface area contributed by atoms with E-state index >= 15 is 0 Å². The van der Waals surface area contributed by atoms with Gasteiger partial charge in [-0.05, 0) is 19.1 Å². The zero-order chi connectivity index (χ0) is 12.1. The highest BCUT2D eigenvalue weighted by atomic mass is 16.5. The molecule has 1 saturated heterocycles. The van der Waals surface area contributed by atoms with Gasteiger partial charge in [-0.2, -0.15) is 0 Å². The minimum Gasteiger partial charge on any atom is -0.492 e. The zero-order valence-electron chi connectivity index (χ0n) is 10.2. The average molecular weight is 230 g/mol. The van der Waals surface area contributed by atoms with Crippen LogP contribution in [0.15, 0.2) is 24.3 Å². The quantitative estimate of drug-likeness (QED) is 0.736. The van der Waals surface area contributed by atoms with Crippen molar-refractivity contribution in [1.29, 1.82) is 0 Å². The number of rotatable bonds is 3. The van der Waals surface area contributed by atoms with E-state index < -0.39 is 0 Å². The van der Waals surface area contributed by atoms with Crippen LogP contribution in [0, 0.1) is 12.5 Å². The Morgan fingerprint density at radius 1 is 1.24 bits per heavy atom. The molecule has 1 aromatic rings. The number of para-hydroxylation sites is 2. The maximum absolute atomic E-state index is 5.65. The Morgan fingerprint density at radius 3 is 2.59 bits per heavy atom. The van der Waals surface area contributed by atoms with Crippen molar-refractivity contribution < 1.29 is 4.74 Å². The third-order valence-corrected chi connectivity index (χ3v) is 2.97. The van der Waals surface area contributed by atoms with E-state index in [1.54, 1.807) is 0 Å². The van der Waals surface area contributed by atoms with Gasteiger partial charge in [0.25, 0.3) is 0 Å². The molecule has 0 N–H and O–H groups in total. The molecule has 2 rings (SSSR count). The molecule has 3 nitrogen and oxygen atoms in total. The van der Waals surface area contributed by atoms with Crippen molar-refractivity contribution in [2.45, 2.75) is 6.92 Å². The normalized spacial score (nSPS) is 15.5. The summed E-state index contributed by atoms with van der Waals surface area (Å²) in [6.07, 6.45) is 5.40. The molecule has 90 valence electrons. The number of benzene rings is 1. The Kier molecular flexibility index (Phi) is 3.77. The van der Waals surface area contributed by atoms with Crippen molar-refractivity contribution in [3.05, 3.63) is 24.3 Å². The first-order valence-electron chi connectivity index (χ1n) is 6.03. The Bertz CT molecular complexity index is 403. The van der Waals surface area contributed by atoms with Crippen molar-refractivity contribution in [2.75, 3.05) is 37.7 Å². The molecule has 0 unspecified atom stereocenters. The molecule has 0 amide bonds. The first-order chi connectivity index (χ1) is 8.35. The maximum atomic E-state index is 5.65. The SMILES string of the molecule is C#CN1CCN(c2ccccc2OCC)CC1. The van der Waals surface area contributed by atoms with E-state index in [9.17, 15) is 0 Å². The summed E-state index contributed by atoms with van der Waals surface area (Å²) in [4.78, 5) is 4.35. The zero-order valence-corrected chi connectivity index (χ0v) is 10.2. The second kappa shape index (κ2) is 5.49. The minimum absolute atomic E-state index is 0.696. The first kappa shape index (κ1) is 11.7. The van der Waals surface area contributed by atoms with E-state index in [-0.39, 0.29) is 0 Å². The molecular formula is C14H18N2O. The number of hydrogen-bond donors (Lipinski definition) is 0. The number of ether oxygens (including phenoxy) is 1. The predicted molar refractivity (Wildman–Crippen MR) is 70.2 cm³/mol. The number of anilines is 1. The number of nitrogens with zero attached hydrogens (tertiary/aromatic N) is 2. The molecule has 1 aromatic carbocycles. The van der Waals surface area contributed by atoms with E-state index in [4.69, 9.17) is 11.2 Å². The van der Waals surface area contributed by atoms with E-state index in [1.165, 1.54) is 5.69 Å². The summed E-state index contributed by atoms with van der Waals surface area (Å²) in [5.41, 5.74) is 1.17. The van der Waals surface area contributed by atoms with Gasteiger partial charge in [0.05, 0.1) is 12.3 Å². The van der Waals surface area contributed by atoms with Gasteiger partial charge in [0.2, 0.25) is 0 Å². The van der Waals surface area contributed by atoms with Gasteiger partial charge in [0.1, 0.15) is 5.75 Å². The fourth-order valence-corrected chi connectivity index (χ4v) is 2.07. The van der Waals surface area contributed by atoms with Crippen LogP contribution in [0.2, 0.25) is 0 Å². The van der Waals surface area contributed by atoms with Crippen molar-refractivity contribution in [3.63, 3.8) is 0 Å². The molecule has 0 saturated carbocycles. The van der Waals surface area contributed by atoms with Crippen LogP contribution in [0.1, 0.15) is 6.92 Å². The second-order valence-electron chi connectivity index (χ2n) is 4.00. The molecule has 3 heteroatoms. The van der Waals surface area contributed by atoms with Crippen LogP contribution in [0.3, 0.4) is 0 Å². The Balaban J connectivity index is 2.10. The van der Waals surface area contributed by atoms with Gasteiger partial charge < -0.3 is 14.5 Å². The lowest BCUT2D eigenvalue weighted by atomic mass is 10.2. The fraction of sp³-hybridized carbons (Fsp3) is 0.429. The van der Waals surface area contributed by atoms with Gasteiger partial charge in [-0.15, -0.1) is 0 Å². The standard InChI is InChI=1S/C14H18N2O/c1-3-15-9-11-16(12-10-15)13-7-5-6-8-14(13)17-4-2/h1,5-8H,4,9-12H2,2H3. The highest BCUT2D eigenvalue weighted by Crippen LogP contribution is 2.28. The van der Waals surface area contributed by atoms with E-state index in [0.29, 0.717) is 6.61 Å². The third-order valence-electron chi connectivity index (χ3n) is 2.97. The summed E-state index contributed by atoms with van der Waals surface area (Å²) in [5, 5.41) is 0. The second-order valence-corrected chi connectivity index (χ2v) is 4.00. The topological polar surface area (TPSA) is 15.7 Å². The average Bonchev–Trinajstić information content (AvgIpc) is 2.40. The Hall–Kier alpha value is -1.82.